The lowest BCUT2D eigenvalue weighted by molar-refractivity contribution is 0.0497. The van der Waals surface area contributed by atoms with E-state index in [4.69, 9.17) is 0 Å². The van der Waals surface area contributed by atoms with E-state index >= 15 is 0 Å². The molecule has 1 aliphatic heterocycles. The van der Waals surface area contributed by atoms with Gasteiger partial charge in [0.1, 0.15) is 0 Å². The molecule has 0 unspecified atom stereocenters. The highest BCUT2D eigenvalue weighted by atomic mass is 16.3. The van der Waals surface area contributed by atoms with Crippen LogP contribution in [-0.2, 0) is 19.6 Å². The van der Waals surface area contributed by atoms with Gasteiger partial charge >= 0.3 is 0 Å². The number of rotatable bonds is 7. The largest absolute Gasteiger partial charge is 0.396 e. The first-order valence-electron chi connectivity index (χ1n) is 9.75. The summed E-state index contributed by atoms with van der Waals surface area (Å²) >= 11 is 0. The lowest BCUT2D eigenvalue weighted by atomic mass is 10.0. The molecule has 0 bridgehead atoms. The molecule has 1 fully saturated rings. The fourth-order valence-electron chi connectivity index (χ4n) is 3.94. The molecule has 1 aliphatic rings. The van der Waals surface area contributed by atoms with Crippen LogP contribution in [0.15, 0.2) is 30.5 Å². The SMILES string of the molecule is CCn1ncc(CN2CCN(Cc3ccccc3C)[C@@H](CCO)C2)c1C. The Hall–Kier alpha value is -1.69. The first-order valence-corrected chi connectivity index (χ1v) is 9.75. The van der Waals surface area contributed by atoms with Gasteiger partial charge < -0.3 is 5.11 Å². The smallest absolute Gasteiger partial charge is 0.0537 e. The summed E-state index contributed by atoms with van der Waals surface area (Å²) in [6.07, 6.45) is 2.84. The molecule has 142 valence electrons. The summed E-state index contributed by atoms with van der Waals surface area (Å²) in [4.78, 5) is 5.05. The van der Waals surface area contributed by atoms with Crippen LogP contribution in [0.25, 0.3) is 0 Å². The van der Waals surface area contributed by atoms with Crippen LogP contribution in [0.3, 0.4) is 0 Å². The minimum Gasteiger partial charge on any atom is -0.396 e. The molecule has 1 N–H and O–H groups in total. The molecule has 1 atom stereocenters. The Morgan fingerprint density at radius 2 is 1.92 bits per heavy atom. The zero-order chi connectivity index (χ0) is 18.5. The summed E-state index contributed by atoms with van der Waals surface area (Å²) in [5.41, 5.74) is 5.33. The Morgan fingerprint density at radius 3 is 2.62 bits per heavy atom. The van der Waals surface area contributed by atoms with Gasteiger partial charge in [-0.3, -0.25) is 14.5 Å². The molecule has 1 aromatic carbocycles. The van der Waals surface area contributed by atoms with Crippen LogP contribution in [0.4, 0.5) is 0 Å². The lowest BCUT2D eigenvalue weighted by Gasteiger charge is -2.41. The number of nitrogens with zero attached hydrogens (tertiary/aromatic N) is 4. The first-order chi connectivity index (χ1) is 12.6. The number of hydrogen-bond donors (Lipinski definition) is 1. The van der Waals surface area contributed by atoms with E-state index < -0.39 is 0 Å². The topological polar surface area (TPSA) is 44.5 Å². The molecule has 0 amide bonds. The number of aryl methyl sites for hydroxylation is 2. The van der Waals surface area contributed by atoms with Crippen molar-refractivity contribution in [2.75, 3.05) is 26.2 Å². The van der Waals surface area contributed by atoms with Crippen LogP contribution in [0.1, 0.15) is 35.7 Å². The van der Waals surface area contributed by atoms with Crippen molar-refractivity contribution in [3.05, 3.63) is 52.8 Å². The summed E-state index contributed by atoms with van der Waals surface area (Å²) in [6, 6.07) is 9.02. The maximum atomic E-state index is 9.55. The van der Waals surface area contributed by atoms with Gasteiger partial charge in [0, 0.05) is 63.2 Å². The van der Waals surface area contributed by atoms with Crippen molar-refractivity contribution in [3.8, 4) is 0 Å². The Bertz CT molecular complexity index is 712. The van der Waals surface area contributed by atoms with Gasteiger partial charge in [0.25, 0.3) is 0 Å². The highest BCUT2D eigenvalue weighted by Crippen LogP contribution is 2.20. The zero-order valence-corrected chi connectivity index (χ0v) is 16.4. The second-order valence-corrected chi connectivity index (χ2v) is 7.37. The molecule has 0 radical (unpaired) electrons. The average molecular weight is 357 g/mol. The van der Waals surface area contributed by atoms with Crippen LogP contribution in [0.2, 0.25) is 0 Å². The van der Waals surface area contributed by atoms with Gasteiger partial charge in [0.15, 0.2) is 0 Å². The number of hydrogen-bond acceptors (Lipinski definition) is 4. The lowest BCUT2D eigenvalue weighted by Crippen LogP contribution is -2.52. The molecule has 0 spiro atoms. The minimum absolute atomic E-state index is 0.246. The highest BCUT2D eigenvalue weighted by molar-refractivity contribution is 5.25. The van der Waals surface area contributed by atoms with Crippen LogP contribution >= 0.6 is 0 Å². The van der Waals surface area contributed by atoms with E-state index in [2.05, 4.69) is 64.6 Å². The van der Waals surface area contributed by atoms with Gasteiger partial charge in [-0.25, -0.2) is 0 Å². The molecule has 1 saturated heterocycles. The standard InChI is InChI=1S/C21H32N4O/c1-4-25-18(3)20(13-22-25)14-23-10-11-24(21(16-23)9-12-26)15-19-8-6-5-7-17(19)2/h5-8,13,21,26H,4,9-12,14-16H2,1-3H3/t21-/m0/s1. The number of aromatic nitrogens is 2. The first kappa shape index (κ1) is 19.1. The fourth-order valence-corrected chi connectivity index (χ4v) is 3.94. The summed E-state index contributed by atoms with van der Waals surface area (Å²) < 4.78 is 2.06. The van der Waals surface area contributed by atoms with Gasteiger partial charge in [0.05, 0.1) is 6.20 Å². The summed E-state index contributed by atoms with van der Waals surface area (Å²) in [7, 11) is 0. The number of aliphatic hydroxyl groups excluding tert-OH is 1. The highest BCUT2D eigenvalue weighted by Gasteiger charge is 2.27. The second-order valence-electron chi connectivity index (χ2n) is 7.37. The van der Waals surface area contributed by atoms with E-state index in [1.807, 2.05) is 6.20 Å². The van der Waals surface area contributed by atoms with Gasteiger partial charge in [-0.05, 0) is 38.3 Å². The quantitative estimate of drug-likeness (QED) is 0.828. The Balaban J connectivity index is 1.65. The van der Waals surface area contributed by atoms with E-state index in [1.54, 1.807) is 0 Å². The maximum Gasteiger partial charge on any atom is 0.0537 e. The molecule has 2 aromatic rings. The Kier molecular flexibility index (Phi) is 6.46. The molecule has 0 aliphatic carbocycles. The Labute approximate surface area is 157 Å². The van der Waals surface area contributed by atoms with Crippen LogP contribution in [-0.4, -0.2) is 57.0 Å². The third-order valence-electron chi connectivity index (χ3n) is 5.68. The third-order valence-corrected chi connectivity index (χ3v) is 5.68. The predicted octanol–water partition coefficient (Wildman–Crippen LogP) is 2.59. The van der Waals surface area contributed by atoms with Crippen LogP contribution in [0, 0.1) is 13.8 Å². The van der Waals surface area contributed by atoms with E-state index in [0.29, 0.717) is 6.04 Å². The minimum atomic E-state index is 0.246. The third kappa shape index (κ3) is 4.34. The number of aliphatic hydroxyl groups is 1. The zero-order valence-electron chi connectivity index (χ0n) is 16.4. The number of benzene rings is 1. The van der Waals surface area contributed by atoms with Crippen LogP contribution < -0.4 is 0 Å². The fraction of sp³-hybridized carbons (Fsp3) is 0.571. The Morgan fingerprint density at radius 1 is 1.12 bits per heavy atom. The monoisotopic (exact) mass is 356 g/mol. The van der Waals surface area contributed by atoms with Crippen molar-refractivity contribution < 1.29 is 5.11 Å². The van der Waals surface area contributed by atoms with Crippen molar-refractivity contribution in [2.24, 2.45) is 0 Å². The molecule has 1 aromatic heterocycles. The van der Waals surface area contributed by atoms with Gasteiger partial charge in [-0.15, -0.1) is 0 Å². The molecular weight excluding hydrogens is 324 g/mol. The van der Waals surface area contributed by atoms with Gasteiger partial charge in [-0.2, -0.15) is 5.10 Å². The molecule has 5 heteroatoms. The van der Waals surface area contributed by atoms with E-state index in [-0.39, 0.29) is 6.61 Å². The van der Waals surface area contributed by atoms with Crippen molar-refractivity contribution in [1.29, 1.82) is 0 Å². The van der Waals surface area contributed by atoms with Gasteiger partial charge in [0.2, 0.25) is 0 Å². The second kappa shape index (κ2) is 8.80. The summed E-state index contributed by atoms with van der Waals surface area (Å²) in [5, 5.41) is 14.0. The molecule has 26 heavy (non-hydrogen) atoms. The molecule has 2 heterocycles. The van der Waals surface area contributed by atoms with E-state index in [0.717, 1.165) is 45.7 Å². The van der Waals surface area contributed by atoms with Crippen LogP contribution in [0.5, 0.6) is 0 Å². The summed E-state index contributed by atoms with van der Waals surface area (Å²) in [5.74, 6) is 0. The van der Waals surface area contributed by atoms with E-state index in [1.165, 1.54) is 22.4 Å². The van der Waals surface area contributed by atoms with Crippen molar-refractivity contribution in [2.45, 2.75) is 52.9 Å². The van der Waals surface area contributed by atoms with Gasteiger partial charge in [-0.1, -0.05) is 24.3 Å². The molecule has 0 saturated carbocycles. The molecule has 3 rings (SSSR count). The van der Waals surface area contributed by atoms with E-state index in [9.17, 15) is 5.11 Å². The molecule has 5 nitrogen and oxygen atoms in total. The predicted molar refractivity (Wildman–Crippen MR) is 105 cm³/mol. The average Bonchev–Trinajstić information content (AvgIpc) is 2.99. The van der Waals surface area contributed by atoms with Crippen molar-refractivity contribution in [3.63, 3.8) is 0 Å². The van der Waals surface area contributed by atoms with Crippen molar-refractivity contribution >= 4 is 0 Å². The maximum absolute atomic E-state index is 9.55. The number of piperazine rings is 1. The molecular formula is C21H32N4O. The normalized spacial score (nSPS) is 19.2. The van der Waals surface area contributed by atoms with Crippen molar-refractivity contribution in [1.82, 2.24) is 19.6 Å². The summed E-state index contributed by atoms with van der Waals surface area (Å²) in [6.45, 7) is 12.7.